The number of carbonyl (C=O) groups is 2. The van der Waals surface area contributed by atoms with E-state index in [9.17, 15) is 9.59 Å². The zero-order valence-corrected chi connectivity index (χ0v) is 14.4. The van der Waals surface area contributed by atoms with Gasteiger partial charge >= 0.3 is 0 Å². The van der Waals surface area contributed by atoms with Crippen LogP contribution in [0.3, 0.4) is 0 Å². The van der Waals surface area contributed by atoms with Crippen LogP contribution in [0.4, 0.5) is 0 Å². The second-order valence-electron chi connectivity index (χ2n) is 5.94. The van der Waals surface area contributed by atoms with Gasteiger partial charge in [-0.1, -0.05) is 18.2 Å². The summed E-state index contributed by atoms with van der Waals surface area (Å²) in [6, 6.07) is 7.70. The Balaban J connectivity index is 1.82. The van der Waals surface area contributed by atoms with Gasteiger partial charge in [0.25, 0.3) is 0 Å². The van der Waals surface area contributed by atoms with E-state index in [-0.39, 0.29) is 24.5 Å². The van der Waals surface area contributed by atoms with Gasteiger partial charge in [-0.3, -0.25) is 9.59 Å². The predicted octanol–water partition coefficient (Wildman–Crippen LogP) is 1.38. The van der Waals surface area contributed by atoms with Crippen LogP contribution in [0.15, 0.2) is 24.3 Å². The number of hydrogen-bond donors (Lipinski definition) is 1. The number of para-hydroxylation sites is 1. The molecule has 2 rings (SSSR count). The first kappa shape index (κ1) is 18.3. The number of nitrogens with zero attached hydrogens (tertiary/aromatic N) is 1. The molecule has 1 heterocycles. The van der Waals surface area contributed by atoms with Crippen molar-refractivity contribution >= 4 is 11.8 Å². The van der Waals surface area contributed by atoms with Gasteiger partial charge in [0, 0.05) is 26.6 Å². The van der Waals surface area contributed by atoms with Crippen molar-refractivity contribution in [2.24, 2.45) is 0 Å². The molecule has 24 heavy (non-hydrogen) atoms. The Morgan fingerprint density at radius 3 is 2.83 bits per heavy atom. The molecule has 132 valence electrons. The third-order valence-corrected chi connectivity index (χ3v) is 4.17. The van der Waals surface area contributed by atoms with E-state index in [1.165, 1.54) is 6.92 Å². The second-order valence-corrected chi connectivity index (χ2v) is 5.94. The van der Waals surface area contributed by atoms with Gasteiger partial charge in [0.1, 0.15) is 5.75 Å². The Morgan fingerprint density at radius 1 is 1.38 bits per heavy atom. The number of amides is 2. The second kappa shape index (κ2) is 9.27. The molecule has 0 bridgehead atoms. The molecule has 6 nitrogen and oxygen atoms in total. The average molecular weight is 334 g/mol. The van der Waals surface area contributed by atoms with E-state index in [0.717, 1.165) is 30.8 Å². The highest BCUT2D eigenvalue weighted by atomic mass is 16.5. The van der Waals surface area contributed by atoms with Gasteiger partial charge in [0.2, 0.25) is 11.8 Å². The molecule has 0 spiro atoms. The molecule has 0 radical (unpaired) electrons. The van der Waals surface area contributed by atoms with Crippen LogP contribution in [-0.2, 0) is 20.7 Å². The Kier molecular flexibility index (Phi) is 7.06. The third-order valence-electron chi connectivity index (χ3n) is 4.17. The maximum Gasteiger partial charge on any atom is 0.239 e. The zero-order chi connectivity index (χ0) is 17.4. The minimum absolute atomic E-state index is 0.0667. The van der Waals surface area contributed by atoms with Crippen molar-refractivity contribution in [2.45, 2.75) is 32.3 Å². The summed E-state index contributed by atoms with van der Waals surface area (Å²) < 4.78 is 10.8. The first-order valence-corrected chi connectivity index (χ1v) is 8.36. The summed E-state index contributed by atoms with van der Waals surface area (Å²) in [6.07, 6.45) is 2.76. The van der Waals surface area contributed by atoms with Crippen LogP contribution in [0.1, 0.15) is 25.3 Å². The Bertz CT molecular complexity index is 556. The summed E-state index contributed by atoms with van der Waals surface area (Å²) in [5, 5.41) is 2.85. The van der Waals surface area contributed by atoms with Crippen LogP contribution in [0.5, 0.6) is 5.75 Å². The fourth-order valence-electron chi connectivity index (χ4n) is 2.77. The number of benzene rings is 1. The van der Waals surface area contributed by atoms with Crippen LogP contribution in [-0.4, -0.2) is 56.2 Å². The molecular weight excluding hydrogens is 308 g/mol. The van der Waals surface area contributed by atoms with Crippen LogP contribution < -0.4 is 10.1 Å². The first-order chi connectivity index (χ1) is 11.6. The lowest BCUT2D eigenvalue weighted by Gasteiger charge is -2.21. The number of carbonyl (C=O) groups excluding carboxylic acids is 2. The van der Waals surface area contributed by atoms with E-state index in [1.807, 2.05) is 24.3 Å². The van der Waals surface area contributed by atoms with Gasteiger partial charge in [-0.15, -0.1) is 0 Å². The topological polar surface area (TPSA) is 67.9 Å². The SMILES string of the molecule is COc1ccccc1CCN(CC(=O)NCC1CCCO1)C(C)=O. The molecule has 0 aromatic heterocycles. The molecule has 0 saturated carbocycles. The third kappa shape index (κ3) is 5.53. The molecule has 1 aromatic carbocycles. The van der Waals surface area contributed by atoms with Crippen molar-refractivity contribution in [1.29, 1.82) is 0 Å². The van der Waals surface area contributed by atoms with E-state index < -0.39 is 0 Å². The summed E-state index contributed by atoms with van der Waals surface area (Å²) in [7, 11) is 1.63. The van der Waals surface area contributed by atoms with Gasteiger partial charge in [-0.05, 0) is 30.9 Å². The van der Waals surface area contributed by atoms with Crippen LogP contribution in [0, 0.1) is 0 Å². The van der Waals surface area contributed by atoms with Crippen LogP contribution >= 0.6 is 0 Å². The van der Waals surface area contributed by atoms with Gasteiger partial charge in [0.15, 0.2) is 0 Å². The summed E-state index contributed by atoms with van der Waals surface area (Å²) in [5.41, 5.74) is 1.02. The summed E-state index contributed by atoms with van der Waals surface area (Å²) >= 11 is 0. The summed E-state index contributed by atoms with van der Waals surface area (Å²) in [5.74, 6) is 0.529. The molecule has 6 heteroatoms. The van der Waals surface area contributed by atoms with Crippen molar-refractivity contribution in [1.82, 2.24) is 10.2 Å². The standard InChI is InChI=1S/C18H26N2O4/c1-14(21)20(10-9-15-6-3-4-8-17(15)23-2)13-18(22)19-12-16-7-5-11-24-16/h3-4,6,8,16H,5,7,9-13H2,1-2H3,(H,19,22). The molecule has 1 aromatic rings. The van der Waals surface area contributed by atoms with Crippen LogP contribution in [0.2, 0.25) is 0 Å². The lowest BCUT2D eigenvalue weighted by Crippen LogP contribution is -2.42. The van der Waals surface area contributed by atoms with E-state index in [0.29, 0.717) is 19.5 Å². The minimum Gasteiger partial charge on any atom is -0.496 e. The quantitative estimate of drug-likeness (QED) is 0.780. The minimum atomic E-state index is -0.152. The smallest absolute Gasteiger partial charge is 0.239 e. The highest BCUT2D eigenvalue weighted by molar-refractivity contribution is 5.83. The van der Waals surface area contributed by atoms with Gasteiger partial charge in [0.05, 0.1) is 19.8 Å². The van der Waals surface area contributed by atoms with Gasteiger partial charge < -0.3 is 19.7 Å². The molecular formula is C18H26N2O4. The largest absolute Gasteiger partial charge is 0.496 e. The number of hydrogen-bond acceptors (Lipinski definition) is 4. The molecule has 0 aliphatic carbocycles. The normalized spacial score (nSPS) is 16.7. The fraction of sp³-hybridized carbons (Fsp3) is 0.556. The van der Waals surface area contributed by atoms with E-state index >= 15 is 0 Å². The van der Waals surface area contributed by atoms with E-state index in [2.05, 4.69) is 5.32 Å². The van der Waals surface area contributed by atoms with Crippen LogP contribution in [0.25, 0.3) is 0 Å². The average Bonchev–Trinajstić information content (AvgIpc) is 3.10. The van der Waals surface area contributed by atoms with Crippen molar-refractivity contribution in [3.05, 3.63) is 29.8 Å². The molecule has 1 fully saturated rings. The van der Waals surface area contributed by atoms with Crippen molar-refractivity contribution in [3.63, 3.8) is 0 Å². The molecule has 1 unspecified atom stereocenters. The lowest BCUT2D eigenvalue weighted by molar-refractivity contribution is -0.134. The predicted molar refractivity (Wildman–Crippen MR) is 90.9 cm³/mol. The van der Waals surface area contributed by atoms with Gasteiger partial charge in [-0.2, -0.15) is 0 Å². The maximum absolute atomic E-state index is 12.1. The Hall–Kier alpha value is -2.08. The monoisotopic (exact) mass is 334 g/mol. The maximum atomic E-state index is 12.1. The Morgan fingerprint density at radius 2 is 2.17 bits per heavy atom. The Labute approximate surface area is 143 Å². The van der Waals surface area contributed by atoms with Crippen molar-refractivity contribution < 1.29 is 19.1 Å². The highest BCUT2D eigenvalue weighted by Gasteiger charge is 2.18. The van der Waals surface area contributed by atoms with E-state index in [4.69, 9.17) is 9.47 Å². The summed E-state index contributed by atoms with van der Waals surface area (Å²) in [4.78, 5) is 25.4. The highest BCUT2D eigenvalue weighted by Crippen LogP contribution is 2.18. The molecule has 1 aliphatic rings. The van der Waals surface area contributed by atoms with Crippen molar-refractivity contribution in [3.8, 4) is 5.75 Å². The number of rotatable bonds is 8. The van der Waals surface area contributed by atoms with Gasteiger partial charge in [-0.25, -0.2) is 0 Å². The first-order valence-electron chi connectivity index (χ1n) is 8.36. The fourth-order valence-corrected chi connectivity index (χ4v) is 2.77. The molecule has 1 atom stereocenters. The molecule has 1 N–H and O–H groups in total. The van der Waals surface area contributed by atoms with E-state index in [1.54, 1.807) is 12.0 Å². The molecule has 1 aliphatic heterocycles. The lowest BCUT2D eigenvalue weighted by atomic mass is 10.1. The number of ether oxygens (including phenoxy) is 2. The number of methoxy groups -OCH3 is 1. The number of nitrogens with one attached hydrogen (secondary N) is 1. The summed E-state index contributed by atoms with van der Waals surface area (Å²) in [6.45, 7) is 3.30. The molecule has 1 saturated heterocycles. The van der Waals surface area contributed by atoms with Crippen molar-refractivity contribution in [2.75, 3.05) is 33.4 Å². The molecule has 2 amide bonds. The zero-order valence-electron chi connectivity index (χ0n) is 14.4.